The minimum Gasteiger partial charge on any atom is -0.693 e. The Morgan fingerprint density at radius 3 is 0.727 bits per heavy atom. The van der Waals surface area contributed by atoms with E-state index in [1.54, 1.807) is 0 Å². The minimum absolute atomic E-state index is 0. The van der Waals surface area contributed by atoms with Crippen LogP contribution in [0.5, 0.6) is 0 Å². The number of hydrogen-bond acceptors (Lipinski definition) is 1. The predicted octanol–water partition coefficient (Wildman–Crippen LogP) is 3.84. The van der Waals surface area contributed by atoms with Crippen molar-refractivity contribution in [2.24, 2.45) is 0 Å². The topological polar surface area (TPSA) is 262 Å². The van der Waals surface area contributed by atoms with E-state index in [1.165, 1.54) is 0 Å². The fourth-order valence-electron chi connectivity index (χ4n) is 0. The first kappa shape index (κ1) is 152. The molecule has 0 aliphatic heterocycles. The molecule has 0 atom stereocenters. The van der Waals surface area contributed by atoms with Gasteiger partial charge < -0.3 is 36.9 Å². The Bertz CT molecular complexity index is 36.7. The molecule has 0 fully saturated rings. The van der Waals surface area contributed by atoms with Gasteiger partial charge in [-0.2, -0.15) is 0 Å². The van der Waals surface area contributed by atoms with Crippen molar-refractivity contribution in [1.29, 1.82) is 0 Å². The molecule has 0 aromatic heterocycles. The molecule has 0 amide bonds. The summed E-state index contributed by atoms with van der Waals surface area (Å²) in [5.74, 6) is 0. The average Bonchev–Trinajstić information content (AvgIpc) is 0.811. The van der Waals surface area contributed by atoms with Crippen LogP contribution >= 0.6 is 0 Å². The van der Waals surface area contributed by atoms with E-state index < -0.39 is 5.09 Å². The average molecular weight is 212 g/mol. The molecule has 75 valence electrons. The van der Waals surface area contributed by atoms with Gasteiger partial charge in [-0.15, -0.1) is 0 Å². The summed E-state index contributed by atoms with van der Waals surface area (Å²) in [5.41, 5.74) is 0. The first-order valence-corrected chi connectivity index (χ1v) is 0.583. The Balaban J connectivity index is -0.00000000214. The van der Waals surface area contributed by atoms with Crippen LogP contribution in [0.4, 0.5) is 0 Å². The number of hydrogen-bond donors (Lipinski definition) is 2. The van der Waals surface area contributed by atoms with Crippen LogP contribution in [-0.2, 0) is 17.4 Å². The molecular formula is H14CrN7O3-2. The van der Waals surface area contributed by atoms with Crippen LogP contribution < -0.4 is 0 Å². The van der Waals surface area contributed by atoms with Crippen LogP contribution in [0.1, 0.15) is 0 Å². The summed E-state index contributed by atoms with van der Waals surface area (Å²) < 4.78 is 0. The molecule has 0 unspecified atom stereocenters. The van der Waals surface area contributed by atoms with Crippen LogP contribution in [0, 0.1) is 4.91 Å². The zero-order valence-corrected chi connectivity index (χ0v) is 6.90. The summed E-state index contributed by atoms with van der Waals surface area (Å²) in [6.07, 6.45) is 0. The number of rotatable bonds is 0. The summed E-state index contributed by atoms with van der Waals surface area (Å²) in [7, 11) is 0. The Morgan fingerprint density at radius 2 is 0.727 bits per heavy atom. The number of nitrogens with two attached hydrogens (primary N) is 6. The van der Waals surface area contributed by atoms with Gasteiger partial charge in [-0.25, -0.2) is 10.4 Å². The molecule has 11 heteroatoms. The van der Waals surface area contributed by atoms with E-state index in [9.17, 15) is 0 Å². The van der Waals surface area contributed by atoms with Crippen molar-refractivity contribution in [3.8, 4) is 0 Å². The third-order valence-electron chi connectivity index (χ3n) is 0. The standard InChI is InChI=1S/Cr.H2NO3.6H2N/c;2-1(3)4;;;;;;/h;(H2,2,3,4);6*1H2/q+3;+1;6*-1. The summed E-state index contributed by atoms with van der Waals surface area (Å²) in [5, 5.41) is 12.5. The smallest absolute Gasteiger partial charge is 0.693 e. The molecule has 0 bridgehead atoms. The second-order valence-electron chi connectivity index (χ2n) is 0.253. The van der Waals surface area contributed by atoms with Crippen LogP contribution in [0.15, 0.2) is 0 Å². The maximum absolute atomic E-state index is 8.47. The van der Waals surface area contributed by atoms with Gasteiger partial charge in [-0.05, 0) is 0 Å². The Labute approximate surface area is 75.5 Å². The van der Waals surface area contributed by atoms with Gasteiger partial charge >= 0.3 is 22.4 Å². The Hall–Kier alpha value is -0.508. The molecule has 0 saturated carbocycles. The molecule has 14 N–H and O–H groups in total. The van der Waals surface area contributed by atoms with E-state index in [0.29, 0.717) is 0 Å². The van der Waals surface area contributed by atoms with Crippen LogP contribution in [0.3, 0.4) is 0 Å². The van der Waals surface area contributed by atoms with Gasteiger partial charge in [0.1, 0.15) is 4.91 Å². The Morgan fingerprint density at radius 1 is 0.727 bits per heavy atom. The molecule has 0 aromatic carbocycles. The summed E-state index contributed by atoms with van der Waals surface area (Å²) in [6, 6.07) is 0. The van der Waals surface area contributed by atoms with Gasteiger partial charge in [0.15, 0.2) is 0 Å². The monoisotopic (exact) mass is 212 g/mol. The third kappa shape index (κ3) is 2070. The van der Waals surface area contributed by atoms with E-state index in [0.717, 1.165) is 0 Å². The van der Waals surface area contributed by atoms with E-state index in [2.05, 4.69) is 0 Å². The minimum atomic E-state index is -1.25. The van der Waals surface area contributed by atoms with Crippen molar-refractivity contribution < 1.29 is 32.9 Å². The molecule has 0 aromatic rings. The largest absolute Gasteiger partial charge is 3.00 e. The van der Waals surface area contributed by atoms with Gasteiger partial charge in [0, 0.05) is 0 Å². The van der Waals surface area contributed by atoms with Gasteiger partial charge in [-0.3, -0.25) is 0 Å². The molecule has 11 heavy (non-hydrogen) atoms. The fraction of sp³-hybridized carbons (Fsp3) is 0. The van der Waals surface area contributed by atoms with Gasteiger partial charge in [0.25, 0.3) is 0 Å². The van der Waals surface area contributed by atoms with E-state index in [1.807, 2.05) is 0 Å². The molecule has 10 nitrogen and oxygen atoms in total. The van der Waals surface area contributed by atoms with Crippen LogP contribution in [0.25, 0.3) is 36.9 Å². The van der Waals surface area contributed by atoms with Crippen molar-refractivity contribution in [2.45, 2.75) is 0 Å². The van der Waals surface area contributed by atoms with Gasteiger partial charge in [-0.1, -0.05) is 0 Å². The third-order valence-corrected chi connectivity index (χ3v) is 0. The molecule has 0 rings (SSSR count). The first-order valence-electron chi connectivity index (χ1n) is 0.583. The second-order valence-corrected chi connectivity index (χ2v) is 0.253. The first-order chi connectivity index (χ1) is 1.73. The molecule has 0 aliphatic rings. The number of nitrogens with zero attached hydrogens (tertiary/aromatic N) is 1. The zero-order valence-electron chi connectivity index (χ0n) is 5.62. The molecule has 0 saturated heterocycles. The Kier molecular flexibility index (Phi) is 1520. The van der Waals surface area contributed by atoms with Crippen molar-refractivity contribution in [1.82, 2.24) is 0 Å². The van der Waals surface area contributed by atoms with E-state index in [4.69, 9.17) is 15.3 Å². The summed E-state index contributed by atoms with van der Waals surface area (Å²) >= 11 is 0. The second kappa shape index (κ2) is 110. The van der Waals surface area contributed by atoms with Gasteiger partial charge in [0.2, 0.25) is 0 Å². The zero-order chi connectivity index (χ0) is 3.58. The summed E-state index contributed by atoms with van der Waals surface area (Å²) in [4.78, 5) is 8.47. The predicted molar refractivity (Wildman–Crippen MR) is 38.9 cm³/mol. The van der Waals surface area contributed by atoms with Crippen molar-refractivity contribution >= 4 is 0 Å². The molecule has 0 spiro atoms. The normalized spacial score (nSPS) is 2.18. The van der Waals surface area contributed by atoms with Crippen LogP contribution in [-0.4, -0.2) is 15.5 Å². The molecule has 0 aliphatic carbocycles. The quantitative estimate of drug-likeness (QED) is 0.566. The maximum Gasteiger partial charge on any atom is 3.00 e. The van der Waals surface area contributed by atoms with Gasteiger partial charge in [0.05, 0.1) is 0 Å². The summed E-state index contributed by atoms with van der Waals surface area (Å²) in [6.45, 7) is 0. The molecule has 0 heterocycles. The van der Waals surface area contributed by atoms with Crippen molar-refractivity contribution in [3.05, 3.63) is 41.8 Å². The molecular weight excluding hydrogens is 198 g/mol. The van der Waals surface area contributed by atoms with Crippen molar-refractivity contribution in [2.75, 3.05) is 0 Å². The fourth-order valence-corrected chi connectivity index (χ4v) is 0. The van der Waals surface area contributed by atoms with E-state index in [-0.39, 0.29) is 54.3 Å². The van der Waals surface area contributed by atoms with E-state index >= 15 is 0 Å². The maximum atomic E-state index is 8.47. The molecule has 1 radical (unpaired) electrons. The SMILES string of the molecule is O=[N+](O)O.[Cr+3].[NH2-].[NH2-].[NH2-].[NH2-].[NH2-].[NH2-]. The van der Waals surface area contributed by atoms with Crippen LogP contribution in [0.2, 0.25) is 0 Å². The van der Waals surface area contributed by atoms with Crippen molar-refractivity contribution in [3.63, 3.8) is 0 Å².